The number of ketones is 1. The van der Waals surface area contributed by atoms with Gasteiger partial charge in [-0.15, -0.1) is 0 Å². The largest absolute Gasteiger partial charge is 0.323 e. The van der Waals surface area contributed by atoms with Crippen molar-refractivity contribution in [2.45, 2.75) is 71.4 Å². The normalized spacial score (nSPS) is 25.2. The molecule has 1 aliphatic carbocycles. The summed E-state index contributed by atoms with van der Waals surface area (Å²) in [5.41, 5.74) is 1.97. The lowest BCUT2D eigenvalue weighted by atomic mass is 9.70. The van der Waals surface area contributed by atoms with E-state index < -0.39 is 0 Å². The summed E-state index contributed by atoms with van der Waals surface area (Å²) >= 11 is 0. The van der Waals surface area contributed by atoms with Gasteiger partial charge in [-0.3, -0.25) is 9.59 Å². The number of nitrogens with zero attached hydrogens (tertiary/aromatic N) is 1. The maximum atomic E-state index is 12.3. The summed E-state index contributed by atoms with van der Waals surface area (Å²) in [5, 5.41) is 0. The first-order valence-corrected chi connectivity index (χ1v) is 8.07. The van der Waals surface area contributed by atoms with E-state index in [9.17, 15) is 9.59 Å². The molecule has 0 N–H and O–H groups in total. The first-order valence-electron chi connectivity index (χ1n) is 8.07. The van der Waals surface area contributed by atoms with E-state index in [0.717, 1.165) is 18.4 Å². The number of likely N-dealkylation sites (tertiary alicyclic amines) is 1. The van der Waals surface area contributed by atoms with Crippen LogP contribution in [0.5, 0.6) is 0 Å². The average molecular weight is 289 g/mol. The Bertz CT molecular complexity index is 496. The molecular weight excluding hydrogens is 262 g/mol. The van der Waals surface area contributed by atoms with E-state index in [1.807, 2.05) is 20.8 Å². The molecule has 0 aromatic rings. The van der Waals surface area contributed by atoms with Crippen LogP contribution in [0.4, 0.5) is 0 Å². The number of rotatable bonds is 6. The molecule has 0 bridgehead atoms. The molecule has 0 radical (unpaired) electrons. The number of unbranched alkanes of at least 4 members (excludes halogenated alkanes) is 3. The van der Waals surface area contributed by atoms with Crippen molar-refractivity contribution in [1.82, 2.24) is 4.90 Å². The number of fused-ring (bicyclic) bond motifs is 1. The number of allylic oxidation sites excluding steroid dienone is 1. The van der Waals surface area contributed by atoms with Gasteiger partial charge in [-0.2, -0.15) is 0 Å². The zero-order valence-electron chi connectivity index (χ0n) is 13.7. The Balaban J connectivity index is 2.22. The monoisotopic (exact) mass is 289 g/mol. The molecule has 1 saturated heterocycles. The van der Waals surface area contributed by atoms with Crippen molar-refractivity contribution in [3.05, 3.63) is 23.8 Å². The van der Waals surface area contributed by atoms with E-state index in [-0.39, 0.29) is 29.2 Å². The lowest BCUT2D eigenvalue weighted by molar-refractivity contribution is -0.143. The van der Waals surface area contributed by atoms with Crippen molar-refractivity contribution in [1.29, 1.82) is 0 Å². The summed E-state index contributed by atoms with van der Waals surface area (Å²) in [6.07, 6.45) is 7.56. The number of carbonyl (C=O) groups excluding carboxylic acids is 2. The van der Waals surface area contributed by atoms with Crippen molar-refractivity contribution >= 4 is 11.7 Å². The van der Waals surface area contributed by atoms with Crippen LogP contribution in [-0.4, -0.2) is 28.2 Å². The number of hydrogen-bond donors (Lipinski definition) is 0. The zero-order chi connectivity index (χ0) is 15.8. The molecule has 3 heteroatoms. The lowest BCUT2D eigenvalue weighted by Crippen LogP contribution is -2.52. The number of hydrogen-bond acceptors (Lipinski definition) is 2. The quantitative estimate of drug-likeness (QED) is 0.553. The maximum absolute atomic E-state index is 12.3. The SMILES string of the molecule is C=CC1=C(CCCCCC)[C@@H]2[C@H]1C(=O)C(=O)N2C(C)(C)C. The van der Waals surface area contributed by atoms with Crippen LogP contribution in [-0.2, 0) is 9.59 Å². The van der Waals surface area contributed by atoms with Gasteiger partial charge in [-0.05, 0) is 44.8 Å². The molecule has 0 spiro atoms. The van der Waals surface area contributed by atoms with Crippen molar-refractivity contribution in [2.24, 2.45) is 5.92 Å². The van der Waals surface area contributed by atoms with E-state index in [2.05, 4.69) is 13.5 Å². The third-order valence-corrected chi connectivity index (χ3v) is 4.61. The van der Waals surface area contributed by atoms with Crippen molar-refractivity contribution in [2.75, 3.05) is 0 Å². The third-order valence-electron chi connectivity index (χ3n) is 4.61. The highest BCUT2D eigenvalue weighted by Crippen LogP contribution is 2.48. The highest BCUT2D eigenvalue weighted by atomic mass is 16.2. The van der Waals surface area contributed by atoms with E-state index in [1.54, 1.807) is 11.0 Å². The van der Waals surface area contributed by atoms with Crippen molar-refractivity contribution in [3.8, 4) is 0 Å². The van der Waals surface area contributed by atoms with Crippen LogP contribution < -0.4 is 0 Å². The highest BCUT2D eigenvalue weighted by molar-refractivity contribution is 6.41. The fourth-order valence-electron chi connectivity index (χ4n) is 3.63. The van der Waals surface area contributed by atoms with Crippen molar-refractivity contribution < 1.29 is 9.59 Å². The average Bonchev–Trinajstić information content (AvgIpc) is 2.61. The number of carbonyl (C=O) groups is 2. The highest BCUT2D eigenvalue weighted by Gasteiger charge is 2.58. The summed E-state index contributed by atoms with van der Waals surface area (Å²) < 4.78 is 0. The fourth-order valence-corrected chi connectivity index (χ4v) is 3.63. The van der Waals surface area contributed by atoms with Gasteiger partial charge in [0, 0.05) is 5.54 Å². The Hall–Kier alpha value is -1.38. The maximum Gasteiger partial charge on any atom is 0.291 e. The molecule has 2 aliphatic rings. The summed E-state index contributed by atoms with van der Waals surface area (Å²) in [7, 11) is 0. The second kappa shape index (κ2) is 5.78. The lowest BCUT2D eigenvalue weighted by Gasteiger charge is -2.45. The molecule has 1 fully saturated rings. The summed E-state index contributed by atoms with van der Waals surface area (Å²) in [6.45, 7) is 12.0. The van der Waals surface area contributed by atoms with E-state index in [0.29, 0.717) is 0 Å². The molecule has 2 rings (SSSR count). The van der Waals surface area contributed by atoms with Crippen LogP contribution in [0.3, 0.4) is 0 Å². The minimum atomic E-state index is -0.319. The Labute approximate surface area is 128 Å². The van der Waals surface area contributed by atoms with Gasteiger partial charge < -0.3 is 4.90 Å². The molecule has 0 saturated carbocycles. The van der Waals surface area contributed by atoms with Gasteiger partial charge in [0.2, 0.25) is 5.78 Å². The van der Waals surface area contributed by atoms with Crippen LogP contribution in [0.15, 0.2) is 23.8 Å². The summed E-state index contributed by atoms with van der Waals surface area (Å²) in [6, 6.07) is -0.0142. The first kappa shape index (κ1) is 16.0. The second-order valence-electron chi connectivity index (χ2n) is 7.13. The first-order chi connectivity index (χ1) is 9.84. The standard InChI is InChI=1S/C18H27NO2/c1-6-8-9-10-11-13-12(7-2)14-15(13)19(18(3,4)5)17(21)16(14)20/h7,14-15H,2,6,8-11H2,1,3-5H3/t14-,15+/m0/s1. The molecule has 21 heavy (non-hydrogen) atoms. The van der Waals surface area contributed by atoms with Crippen LogP contribution >= 0.6 is 0 Å². The molecular formula is C18H27NO2. The van der Waals surface area contributed by atoms with E-state index >= 15 is 0 Å². The topological polar surface area (TPSA) is 37.4 Å². The van der Waals surface area contributed by atoms with Gasteiger partial charge in [-0.25, -0.2) is 0 Å². The molecule has 1 amide bonds. The van der Waals surface area contributed by atoms with E-state index in [1.165, 1.54) is 24.8 Å². The molecule has 0 aromatic heterocycles. The van der Waals surface area contributed by atoms with Gasteiger partial charge in [0.1, 0.15) is 0 Å². The van der Waals surface area contributed by atoms with Gasteiger partial charge in [0.15, 0.2) is 0 Å². The molecule has 0 aromatic carbocycles. The Morgan fingerprint density at radius 1 is 1.19 bits per heavy atom. The van der Waals surface area contributed by atoms with Gasteiger partial charge >= 0.3 is 0 Å². The van der Waals surface area contributed by atoms with Gasteiger partial charge in [-0.1, -0.05) is 38.8 Å². The molecule has 1 heterocycles. The van der Waals surface area contributed by atoms with Crippen molar-refractivity contribution in [3.63, 3.8) is 0 Å². The number of Topliss-reactive ketones (excluding diaryl/α,β-unsaturated/α-hetero) is 1. The molecule has 1 aliphatic heterocycles. The Morgan fingerprint density at radius 3 is 2.38 bits per heavy atom. The smallest absolute Gasteiger partial charge is 0.291 e. The molecule has 0 unspecified atom stereocenters. The predicted octanol–water partition coefficient (Wildman–Crippen LogP) is 3.65. The third kappa shape index (κ3) is 2.58. The molecule has 2 atom stereocenters. The summed E-state index contributed by atoms with van der Waals surface area (Å²) in [5.74, 6) is -0.821. The number of amides is 1. The minimum Gasteiger partial charge on any atom is -0.323 e. The Morgan fingerprint density at radius 2 is 1.86 bits per heavy atom. The van der Waals surface area contributed by atoms with Crippen LogP contribution in [0, 0.1) is 5.92 Å². The predicted molar refractivity (Wildman–Crippen MR) is 84.9 cm³/mol. The van der Waals surface area contributed by atoms with Gasteiger partial charge in [0.25, 0.3) is 5.91 Å². The fraction of sp³-hybridized carbons (Fsp3) is 0.667. The molecule has 3 nitrogen and oxygen atoms in total. The minimum absolute atomic E-state index is 0.0142. The zero-order valence-corrected chi connectivity index (χ0v) is 13.7. The Kier molecular flexibility index (Phi) is 4.40. The van der Waals surface area contributed by atoms with Crippen LogP contribution in [0.1, 0.15) is 59.8 Å². The van der Waals surface area contributed by atoms with Crippen LogP contribution in [0.25, 0.3) is 0 Å². The van der Waals surface area contributed by atoms with Gasteiger partial charge in [0.05, 0.1) is 12.0 Å². The van der Waals surface area contributed by atoms with E-state index in [4.69, 9.17) is 0 Å². The second-order valence-corrected chi connectivity index (χ2v) is 7.13. The molecule has 116 valence electrons. The van der Waals surface area contributed by atoms with Crippen LogP contribution in [0.2, 0.25) is 0 Å². The summed E-state index contributed by atoms with van der Waals surface area (Å²) in [4.78, 5) is 26.3.